The topological polar surface area (TPSA) is 104 Å². The van der Waals surface area contributed by atoms with E-state index in [2.05, 4.69) is 15.4 Å². The molecule has 0 saturated carbocycles. The van der Waals surface area contributed by atoms with Crippen molar-refractivity contribution in [1.29, 1.82) is 0 Å². The zero-order valence-corrected chi connectivity index (χ0v) is 14.5. The van der Waals surface area contributed by atoms with Crippen molar-refractivity contribution in [1.82, 2.24) is 15.4 Å². The van der Waals surface area contributed by atoms with Crippen LogP contribution in [0.1, 0.15) is 26.3 Å². The van der Waals surface area contributed by atoms with Crippen molar-refractivity contribution in [3.63, 3.8) is 0 Å². The van der Waals surface area contributed by atoms with E-state index in [1.165, 1.54) is 26.1 Å². The standard InChI is InChI=1S/C15H23N3O4S/c1-10(2)14(18-11(3)19)15(20)17-9-12-5-7-13(8-6-12)23(21,22)16-4/h5-8,10,14,16H,9H2,1-4H3,(H,17,20)(H,18,19)/t14-/m0/s1. The summed E-state index contributed by atoms with van der Waals surface area (Å²) in [6.07, 6.45) is 0. The first-order chi connectivity index (χ1) is 10.7. The molecular weight excluding hydrogens is 318 g/mol. The minimum absolute atomic E-state index is 0.0398. The minimum Gasteiger partial charge on any atom is -0.350 e. The molecular formula is C15H23N3O4S. The van der Waals surface area contributed by atoms with Crippen LogP contribution >= 0.6 is 0 Å². The van der Waals surface area contributed by atoms with E-state index in [0.29, 0.717) is 0 Å². The highest BCUT2D eigenvalue weighted by Gasteiger charge is 2.22. The third-order valence-corrected chi connectivity index (χ3v) is 4.71. The van der Waals surface area contributed by atoms with Crippen molar-refractivity contribution in [3.05, 3.63) is 29.8 Å². The van der Waals surface area contributed by atoms with Gasteiger partial charge in [0.25, 0.3) is 0 Å². The Hall–Kier alpha value is -1.93. The lowest BCUT2D eigenvalue weighted by molar-refractivity contribution is -0.129. The second kappa shape index (κ2) is 8.07. The number of amides is 2. The molecule has 7 nitrogen and oxygen atoms in total. The second-order valence-electron chi connectivity index (χ2n) is 5.49. The summed E-state index contributed by atoms with van der Waals surface area (Å²) in [5.41, 5.74) is 0.763. The lowest BCUT2D eigenvalue weighted by Gasteiger charge is -2.21. The molecule has 0 unspecified atom stereocenters. The predicted molar refractivity (Wildman–Crippen MR) is 87.0 cm³/mol. The van der Waals surface area contributed by atoms with Crippen molar-refractivity contribution in [3.8, 4) is 0 Å². The Balaban J connectivity index is 2.70. The normalized spacial score (nSPS) is 12.7. The molecule has 0 aromatic heterocycles. The van der Waals surface area contributed by atoms with Gasteiger partial charge in [0.1, 0.15) is 6.04 Å². The van der Waals surface area contributed by atoms with Crippen molar-refractivity contribution in [2.75, 3.05) is 7.05 Å². The van der Waals surface area contributed by atoms with Crippen LogP contribution in [0, 0.1) is 5.92 Å². The molecule has 1 atom stereocenters. The molecule has 2 amide bonds. The highest BCUT2D eigenvalue weighted by Crippen LogP contribution is 2.10. The van der Waals surface area contributed by atoms with Gasteiger partial charge in [-0.05, 0) is 30.7 Å². The lowest BCUT2D eigenvalue weighted by Crippen LogP contribution is -2.48. The van der Waals surface area contributed by atoms with Gasteiger partial charge in [-0.25, -0.2) is 13.1 Å². The summed E-state index contributed by atoms with van der Waals surface area (Å²) in [5, 5.41) is 5.35. The molecule has 1 rings (SSSR count). The Morgan fingerprint density at radius 3 is 2.13 bits per heavy atom. The molecule has 1 aromatic carbocycles. The van der Waals surface area contributed by atoms with E-state index < -0.39 is 16.1 Å². The molecule has 0 bridgehead atoms. The maximum Gasteiger partial charge on any atom is 0.243 e. The third-order valence-electron chi connectivity index (χ3n) is 3.28. The van der Waals surface area contributed by atoms with Crippen LogP contribution in [-0.4, -0.2) is 33.3 Å². The van der Waals surface area contributed by atoms with E-state index in [-0.39, 0.29) is 29.2 Å². The first-order valence-electron chi connectivity index (χ1n) is 7.24. The Kier molecular flexibility index (Phi) is 6.71. The van der Waals surface area contributed by atoms with Crippen LogP contribution in [0.4, 0.5) is 0 Å². The monoisotopic (exact) mass is 341 g/mol. The molecule has 0 heterocycles. The van der Waals surface area contributed by atoms with E-state index in [1.54, 1.807) is 12.1 Å². The van der Waals surface area contributed by atoms with Gasteiger partial charge in [0.05, 0.1) is 4.90 Å². The van der Waals surface area contributed by atoms with Crippen molar-refractivity contribution in [2.45, 2.75) is 38.3 Å². The molecule has 3 N–H and O–H groups in total. The number of rotatable bonds is 7. The van der Waals surface area contributed by atoms with Gasteiger partial charge in [0.15, 0.2) is 0 Å². The highest BCUT2D eigenvalue weighted by molar-refractivity contribution is 7.89. The Labute approximate surface area is 136 Å². The van der Waals surface area contributed by atoms with Crippen LogP contribution in [0.25, 0.3) is 0 Å². The van der Waals surface area contributed by atoms with Crippen LogP contribution in [0.3, 0.4) is 0 Å². The smallest absolute Gasteiger partial charge is 0.243 e. The number of benzene rings is 1. The summed E-state index contributed by atoms with van der Waals surface area (Å²) in [6, 6.07) is 5.61. The van der Waals surface area contributed by atoms with Gasteiger partial charge >= 0.3 is 0 Å². The molecule has 23 heavy (non-hydrogen) atoms. The number of carbonyl (C=O) groups excluding carboxylic acids is 2. The molecule has 0 aliphatic heterocycles. The zero-order chi connectivity index (χ0) is 17.6. The molecule has 0 fully saturated rings. The molecule has 0 aliphatic rings. The van der Waals surface area contributed by atoms with Crippen LogP contribution < -0.4 is 15.4 Å². The molecule has 0 spiro atoms. The van der Waals surface area contributed by atoms with Crippen LogP contribution in [-0.2, 0) is 26.2 Å². The first-order valence-corrected chi connectivity index (χ1v) is 8.73. The van der Waals surface area contributed by atoms with Gasteiger partial charge in [0.2, 0.25) is 21.8 Å². The fourth-order valence-electron chi connectivity index (χ4n) is 1.96. The predicted octanol–water partition coefficient (Wildman–Crippen LogP) is 0.372. The summed E-state index contributed by atoms with van der Waals surface area (Å²) in [4.78, 5) is 23.4. The van der Waals surface area contributed by atoms with Gasteiger partial charge < -0.3 is 10.6 Å². The second-order valence-corrected chi connectivity index (χ2v) is 7.38. The van der Waals surface area contributed by atoms with E-state index >= 15 is 0 Å². The zero-order valence-electron chi connectivity index (χ0n) is 13.7. The number of carbonyl (C=O) groups is 2. The Bertz CT molecular complexity index is 654. The van der Waals surface area contributed by atoms with Gasteiger partial charge in [-0.1, -0.05) is 26.0 Å². The molecule has 8 heteroatoms. The number of sulfonamides is 1. The lowest BCUT2D eigenvalue weighted by atomic mass is 10.0. The van der Waals surface area contributed by atoms with Crippen molar-refractivity contribution >= 4 is 21.8 Å². The quantitative estimate of drug-likeness (QED) is 0.666. The summed E-state index contributed by atoms with van der Waals surface area (Å²) >= 11 is 0. The number of hydrogen-bond donors (Lipinski definition) is 3. The minimum atomic E-state index is -3.47. The summed E-state index contributed by atoms with van der Waals surface area (Å²) in [6.45, 7) is 5.31. The molecule has 0 radical (unpaired) electrons. The average molecular weight is 341 g/mol. The highest BCUT2D eigenvalue weighted by atomic mass is 32.2. The molecule has 1 aromatic rings. The average Bonchev–Trinajstić information content (AvgIpc) is 2.50. The summed E-state index contributed by atoms with van der Waals surface area (Å²) in [7, 11) is -2.12. The molecule has 0 saturated heterocycles. The first kappa shape index (κ1) is 19.1. The fraction of sp³-hybridized carbons (Fsp3) is 0.467. The van der Waals surface area contributed by atoms with E-state index in [1.807, 2.05) is 13.8 Å². The van der Waals surface area contributed by atoms with Gasteiger partial charge in [-0.15, -0.1) is 0 Å². The fourth-order valence-corrected chi connectivity index (χ4v) is 2.69. The molecule has 128 valence electrons. The summed E-state index contributed by atoms with van der Waals surface area (Å²) in [5.74, 6) is -0.579. The number of hydrogen-bond acceptors (Lipinski definition) is 4. The third kappa shape index (κ3) is 5.65. The van der Waals surface area contributed by atoms with E-state index in [4.69, 9.17) is 0 Å². The van der Waals surface area contributed by atoms with Gasteiger partial charge in [-0.3, -0.25) is 9.59 Å². The van der Waals surface area contributed by atoms with E-state index in [0.717, 1.165) is 5.56 Å². The number of nitrogens with one attached hydrogen (secondary N) is 3. The SMILES string of the molecule is CNS(=O)(=O)c1ccc(CNC(=O)[C@@H](NC(C)=O)C(C)C)cc1. The van der Waals surface area contributed by atoms with Crippen molar-refractivity contribution < 1.29 is 18.0 Å². The molecule has 0 aliphatic carbocycles. The van der Waals surface area contributed by atoms with Crippen LogP contribution in [0.5, 0.6) is 0 Å². The largest absolute Gasteiger partial charge is 0.350 e. The van der Waals surface area contributed by atoms with Gasteiger partial charge in [-0.2, -0.15) is 0 Å². The maximum absolute atomic E-state index is 12.1. The Morgan fingerprint density at radius 2 is 1.70 bits per heavy atom. The van der Waals surface area contributed by atoms with Gasteiger partial charge in [0, 0.05) is 13.5 Å². The van der Waals surface area contributed by atoms with E-state index in [9.17, 15) is 18.0 Å². The van der Waals surface area contributed by atoms with Crippen LogP contribution in [0.15, 0.2) is 29.2 Å². The summed E-state index contributed by atoms with van der Waals surface area (Å²) < 4.78 is 25.5. The van der Waals surface area contributed by atoms with Crippen LogP contribution in [0.2, 0.25) is 0 Å². The maximum atomic E-state index is 12.1. The van der Waals surface area contributed by atoms with Crippen molar-refractivity contribution in [2.24, 2.45) is 5.92 Å². The Morgan fingerprint density at radius 1 is 1.13 bits per heavy atom.